The average Bonchev–Trinajstić information content (AvgIpc) is 2.56. The van der Waals surface area contributed by atoms with Gasteiger partial charge in [-0.2, -0.15) is 0 Å². The molecule has 0 unspecified atom stereocenters. The van der Waals surface area contributed by atoms with Crippen LogP contribution in [0.3, 0.4) is 0 Å². The zero-order valence-corrected chi connectivity index (χ0v) is 14.1. The molecule has 0 aliphatic rings. The molecule has 0 N–H and O–H groups in total. The number of benzene rings is 3. The van der Waals surface area contributed by atoms with Gasteiger partial charge >= 0.3 is 0 Å². The van der Waals surface area contributed by atoms with Crippen LogP contribution in [0.4, 0.5) is 0 Å². The van der Waals surface area contributed by atoms with Gasteiger partial charge in [0.05, 0.1) is 0 Å². The van der Waals surface area contributed by atoms with E-state index >= 15 is 0 Å². The summed E-state index contributed by atoms with van der Waals surface area (Å²) in [6.07, 6.45) is 0. The molecule has 0 bridgehead atoms. The fourth-order valence-electron chi connectivity index (χ4n) is 3.06. The average molecular weight is 298 g/mol. The monoisotopic (exact) mass is 298 g/mol. The van der Waals surface area contributed by atoms with Crippen LogP contribution in [-0.2, 0) is 0 Å². The third-order valence-electron chi connectivity index (χ3n) is 4.37. The molecule has 0 radical (unpaired) electrons. The Bertz CT molecular complexity index is 851. The van der Waals surface area contributed by atoms with Gasteiger partial charge < -0.3 is 0 Å². The van der Waals surface area contributed by atoms with Gasteiger partial charge in [0.1, 0.15) is 0 Å². The van der Waals surface area contributed by atoms with Crippen LogP contribution >= 0.6 is 0 Å². The fraction of sp³-hybridized carbons (Fsp3) is 0.130. The van der Waals surface area contributed by atoms with Crippen molar-refractivity contribution in [2.24, 2.45) is 0 Å². The van der Waals surface area contributed by atoms with E-state index in [0.717, 1.165) is 5.57 Å². The van der Waals surface area contributed by atoms with Crippen molar-refractivity contribution in [3.63, 3.8) is 0 Å². The second kappa shape index (κ2) is 6.26. The molecule has 0 fully saturated rings. The van der Waals surface area contributed by atoms with Gasteiger partial charge in [-0.25, -0.2) is 0 Å². The third-order valence-corrected chi connectivity index (χ3v) is 4.37. The molecule has 0 saturated carbocycles. The Morgan fingerprint density at radius 2 is 1.30 bits per heavy atom. The highest BCUT2D eigenvalue weighted by molar-refractivity contribution is 5.85. The molecular formula is C23H22. The molecule has 0 spiro atoms. The van der Waals surface area contributed by atoms with Gasteiger partial charge in [-0.15, -0.1) is 0 Å². The molecule has 23 heavy (non-hydrogen) atoms. The minimum atomic E-state index is 1.10. The quantitative estimate of drug-likeness (QED) is 0.506. The largest absolute Gasteiger partial charge is 0.0955 e. The number of hydrogen-bond donors (Lipinski definition) is 0. The zero-order valence-electron chi connectivity index (χ0n) is 14.1. The molecule has 0 atom stereocenters. The minimum Gasteiger partial charge on any atom is -0.0955 e. The molecule has 0 aromatic heterocycles. The Morgan fingerprint density at radius 3 is 2.00 bits per heavy atom. The molecule has 0 aliphatic heterocycles. The second-order valence-electron chi connectivity index (χ2n) is 6.17. The van der Waals surface area contributed by atoms with E-state index in [4.69, 9.17) is 0 Å². The summed E-state index contributed by atoms with van der Waals surface area (Å²) >= 11 is 0. The fourth-order valence-corrected chi connectivity index (χ4v) is 3.06. The molecular weight excluding hydrogens is 276 g/mol. The van der Waals surface area contributed by atoms with E-state index in [9.17, 15) is 0 Å². The van der Waals surface area contributed by atoms with E-state index in [1.807, 2.05) is 0 Å². The lowest BCUT2D eigenvalue weighted by atomic mass is 9.89. The van der Waals surface area contributed by atoms with Crippen LogP contribution in [0.5, 0.6) is 0 Å². The summed E-state index contributed by atoms with van der Waals surface area (Å²) < 4.78 is 0. The molecule has 3 aromatic carbocycles. The van der Waals surface area contributed by atoms with Crippen molar-refractivity contribution in [1.82, 2.24) is 0 Å². The van der Waals surface area contributed by atoms with Crippen LogP contribution in [-0.4, -0.2) is 0 Å². The summed E-state index contributed by atoms with van der Waals surface area (Å²) in [6.45, 7) is 10.5. The Hall–Kier alpha value is -2.60. The first kappa shape index (κ1) is 15.3. The smallest absolute Gasteiger partial charge is 0.0106 e. The maximum atomic E-state index is 4.13. The Kier molecular flexibility index (Phi) is 4.16. The van der Waals surface area contributed by atoms with Crippen LogP contribution < -0.4 is 0 Å². The highest BCUT2D eigenvalue weighted by Gasteiger charge is 2.11. The molecule has 0 saturated heterocycles. The second-order valence-corrected chi connectivity index (χ2v) is 6.17. The molecule has 0 amide bonds. The summed E-state index contributed by atoms with van der Waals surface area (Å²) in [6, 6.07) is 23.8. The first-order valence-electron chi connectivity index (χ1n) is 8.00. The molecule has 0 aliphatic carbocycles. The van der Waals surface area contributed by atoms with E-state index in [1.165, 1.54) is 38.9 Å². The summed E-state index contributed by atoms with van der Waals surface area (Å²) in [5.41, 5.74) is 10.0. The lowest BCUT2D eigenvalue weighted by Crippen LogP contribution is -1.92. The van der Waals surface area contributed by atoms with Gasteiger partial charge in [0, 0.05) is 0 Å². The lowest BCUT2D eigenvalue weighted by Gasteiger charge is -2.15. The van der Waals surface area contributed by atoms with Crippen molar-refractivity contribution >= 4 is 5.57 Å². The van der Waals surface area contributed by atoms with Gasteiger partial charge in [-0.05, 0) is 54.2 Å². The summed E-state index contributed by atoms with van der Waals surface area (Å²) in [5, 5.41) is 0. The number of hydrogen-bond acceptors (Lipinski definition) is 0. The van der Waals surface area contributed by atoms with Crippen LogP contribution in [0.15, 0.2) is 73.3 Å². The van der Waals surface area contributed by atoms with Crippen molar-refractivity contribution < 1.29 is 0 Å². The normalized spacial score (nSPS) is 10.6. The molecule has 3 rings (SSSR count). The van der Waals surface area contributed by atoms with Crippen molar-refractivity contribution in [3.05, 3.63) is 90.0 Å². The third kappa shape index (κ3) is 2.98. The van der Waals surface area contributed by atoms with Crippen molar-refractivity contribution in [3.8, 4) is 22.3 Å². The van der Waals surface area contributed by atoms with E-state index < -0.39 is 0 Å². The predicted octanol–water partition coefficient (Wildman–Crippen LogP) is 6.67. The van der Waals surface area contributed by atoms with Crippen LogP contribution in [0, 0.1) is 13.8 Å². The Balaban J connectivity index is 2.18. The topological polar surface area (TPSA) is 0 Å². The van der Waals surface area contributed by atoms with E-state index in [0.29, 0.717) is 0 Å². The molecule has 0 heteroatoms. The van der Waals surface area contributed by atoms with Gasteiger partial charge in [0.25, 0.3) is 0 Å². The van der Waals surface area contributed by atoms with Crippen molar-refractivity contribution in [2.45, 2.75) is 20.8 Å². The molecule has 0 heterocycles. The standard InChI is InChI=1S/C23H22/c1-16(2)20-8-5-6-9-23(20)22-11-7-10-21(18(22)4)19-14-12-17(3)13-15-19/h5-15H,1H2,2-4H3. The van der Waals surface area contributed by atoms with Crippen LogP contribution in [0.2, 0.25) is 0 Å². The van der Waals surface area contributed by atoms with Crippen molar-refractivity contribution in [2.75, 3.05) is 0 Å². The SMILES string of the molecule is C=C(C)c1ccccc1-c1cccc(-c2ccc(C)cc2)c1C. The first-order chi connectivity index (χ1) is 11.1. The lowest BCUT2D eigenvalue weighted by molar-refractivity contribution is 1.42. The maximum Gasteiger partial charge on any atom is -0.0106 e. The number of allylic oxidation sites excluding steroid dienone is 1. The van der Waals surface area contributed by atoms with E-state index in [1.54, 1.807) is 0 Å². The van der Waals surface area contributed by atoms with Gasteiger partial charge in [-0.1, -0.05) is 84.4 Å². The van der Waals surface area contributed by atoms with Crippen LogP contribution in [0.25, 0.3) is 27.8 Å². The van der Waals surface area contributed by atoms with Gasteiger partial charge in [-0.3, -0.25) is 0 Å². The zero-order chi connectivity index (χ0) is 16.4. The minimum absolute atomic E-state index is 1.10. The molecule has 3 aromatic rings. The maximum absolute atomic E-state index is 4.13. The van der Waals surface area contributed by atoms with E-state index in [2.05, 4.69) is 94.1 Å². The predicted molar refractivity (Wildman–Crippen MR) is 101 cm³/mol. The summed E-state index contributed by atoms with van der Waals surface area (Å²) in [5.74, 6) is 0. The highest BCUT2D eigenvalue weighted by Crippen LogP contribution is 2.35. The summed E-state index contributed by atoms with van der Waals surface area (Å²) in [7, 11) is 0. The first-order valence-corrected chi connectivity index (χ1v) is 8.00. The number of rotatable bonds is 3. The summed E-state index contributed by atoms with van der Waals surface area (Å²) in [4.78, 5) is 0. The van der Waals surface area contributed by atoms with Crippen LogP contribution in [0.1, 0.15) is 23.6 Å². The highest BCUT2D eigenvalue weighted by atomic mass is 14.1. The Labute approximate surface area is 139 Å². The Morgan fingerprint density at radius 1 is 0.696 bits per heavy atom. The van der Waals surface area contributed by atoms with Gasteiger partial charge in [0.15, 0.2) is 0 Å². The van der Waals surface area contributed by atoms with Gasteiger partial charge in [0.2, 0.25) is 0 Å². The van der Waals surface area contributed by atoms with Crippen molar-refractivity contribution in [1.29, 1.82) is 0 Å². The molecule has 114 valence electrons. The number of aryl methyl sites for hydroxylation is 1. The molecule has 0 nitrogen and oxygen atoms in total. The van der Waals surface area contributed by atoms with E-state index in [-0.39, 0.29) is 0 Å².